The Labute approximate surface area is 187 Å². The molecule has 0 aliphatic heterocycles. The minimum Gasteiger partial charge on any atom is -0.478 e. The molecule has 2 nitrogen and oxygen atoms in total. The SMILES string of the molecule is CC12CC3CC(C)(C1)CC(C14CC5CC(CC(c6ccccc6C(=O)O)(C5)C1)C4)(C3)C2. The van der Waals surface area contributed by atoms with E-state index in [0.717, 1.165) is 17.8 Å². The fourth-order valence-electron chi connectivity index (χ4n) is 12.4. The van der Waals surface area contributed by atoms with Crippen LogP contribution in [0.5, 0.6) is 0 Å². The van der Waals surface area contributed by atoms with Crippen LogP contribution in [0, 0.1) is 39.4 Å². The molecule has 8 bridgehead atoms. The quantitative estimate of drug-likeness (QED) is 0.562. The fraction of sp³-hybridized carbons (Fsp3) is 0.759. The first-order valence-electron chi connectivity index (χ1n) is 13.0. The smallest absolute Gasteiger partial charge is 0.335 e. The van der Waals surface area contributed by atoms with Gasteiger partial charge in [0.1, 0.15) is 0 Å². The predicted octanol–water partition coefficient (Wildman–Crippen LogP) is 7.22. The highest BCUT2D eigenvalue weighted by Gasteiger charge is 2.71. The predicted molar refractivity (Wildman–Crippen MR) is 122 cm³/mol. The fourth-order valence-corrected chi connectivity index (χ4v) is 12.4. The number of hydrogen-bond donors (Lipinski definition) is 1. The van der Waals surface area contributed by atoms with Gasteiger partial charge in [-0.05, 0) is 134 Å². The lowest BCUT2D eigenvalue weighted by molar-refractivity contribution is -0.242. The molecule has 0 spiro atoms. The van der Waals surface area contributed by atoms with Crippen molar-refractivity contribution >= 4 is 5.97 Å². The Morgan fingerprint density at radius 3 is 2.00 bits per heavy atom. The van der Waals surface area contributed by atoms with E-state index in [4.69, 9.17) is 0 Å². The van der Waals surface area contributed by atoms with Crippen LogP contribution in [-0.4, -0.2) is 11.1 Å². The van der Waals surface area contributed by atoms with Crippen molar-refractivity contribution in [1.82, 2.24) is 0 Å². The van der Waals surface area contributed by atoms with Gasteiger partial charge in [0.15, 0.2) is 0 Å². The maximum Gasteiger partial charge on any atom is 0.335 e. The molecular weight excluding hydrogens is 380 g/mol. The largest absolute Gasteiger partial charge is 0.478 e. The second kappa shape index (κ2) is 5.60. The van der Waals surface area contributed by atoms with E-state index in [9.17, 15) is 9.90 Å². The lowest BCUT2D eigenvalue weighted by Crippen LogP contribution is -2.66. The number of hydrogen-bond acceptors (Lipinski definition) is 1. The molecule has 0 aromatic heterocycles. The van der Waals surface area contributed by atoms with Gasteiger partial charge in [0.2, 0.25) is 0 Å². The van der Waals surface area contributed by atoms with Crippen molar-refractivity contribution in [2.24, 2.45) is 39.4 Å². The van der Waals surface area contributed by atoms with E-state index in [2.05, 4.69) is 26.0 Å². The molecule has 0 saturated heterocycles. The van der Waals surface area contributed by atoms with Crippen LogP contribution in [-0.2, 0) is 5.41 Å². The standard InChI is InChI=1S/C29H38O2/c1-25-8-21-9-26(2,15-25)17-29(14-21,16-25)28-12-19-7-20(13-28)11-27(10-19,18-28)23-6-4-3-5-22(23)24(30)31/h3-6,19-21H,7-18H2,1-2H3,(H,30,31). The van der Waals surface area contributed by atoms with E-state index in [1.807, 2.05) is 12.1 Å². The molecule has 8 aliphatic rings. The van der Waals surface area contributed by atoms with Gasteiger partial charge < -0.3 is 5.11 Å². The van der Waals surface area contributed by atoms with Gasteiger partial charge >= 0.3 is 5.97 Å². The summed E-state index contributed by atoms with van der Waals surface area (Å²) in [6, 6.07) is 8.08. The minimum absolute atomic E-state index is 0.115. The van der Waals surface area contributed by atoms with Crippen LogP contribution in [0.1, 0.15) is 107 Å². The lowest BCUT2D eigenvalue weighted by Gasteiger charge is -2.75. The highest BCUT2D eigenvalue weighted by atomic mass is 16.4. The zero-order valence-electron chi connectivity index (χ0n) is 19.4. The molecule has 4 atom stereocenters. The Morgan fingerprint density at radius 2 is 1.39 bits per heavy atom. The number of benzene rings is 1. The molecule has 0 amide bonds. The van der Waals surface area contributed by atoms with Gasteiger partial charge in [-0.2, -0.15) is 0 Å². The van der Waals surface area contributed by atoms with E-state index in [1.54, 1.807) is 0 Å². The molecular formula is C29H38O2. The van der Waals surface area contributed by atoms with Crippen molar-refractivity contribution in [3.8, 4) is 0 Å². The molecule has 31 heavy (non-hydrogen) atoms. The van der Waals surface area contributed by atoms with Gasteiger partial charge in [-0.1, -0.05) is 32.0 Å². The molecule has 1 N–H and O–H groups in total. The third-order valence-electron chi connectivity index (χ3n) is 11.5. The van der Waals surface area contributed by atoms with Crippen LogP contribution in [0.4, 0.5) is 0 Å². The summed E-state index contributed by atoms with van der Waals surface area (Å²) in [5, 5.41) is 10.0. The lowest BCUT2D eigenvalue weighted by atomic mass is 9.29. The van der Waals surface area contributed by atoms with E-state index in [-0.39, 0.29) is 5.41 Å². The molecule has 0 heterocycles. The first kappa shape index (κ1) is 19.2. The second-order valence-electron chi connectivity index (χ2n) is 14.3. The summed E-state index contributed by atoms with van der Waals surface area (Å²) >= 11 is 0. The molecule has 9 rings (SSSR count). The highest BCUT2D eigenvalue weighted by Crippen LogP contribution is 2.80. The highest BCUT2D eigenvalue weighted by molar-refractivity contribution is 5.90. The summed E-state index contributed by atoms with van der Waals surface area (Å²) in [6.45, 7) is 5.25. The number of carbonyl (C=O) groups is 1. The monoisotopic (exact) mass is 418 g/mol. The molecule has 8 aliphatic carbocycles. The van der Waals surface area contributed by atoms with Crippen molar-refractivity contribution < 1.29 is 9.90 Å². The summed E-state index contributed by atoms with van der Waals surface area (Å²) < 4.78 is 0. The van der Waals surface area contributed by atoms with Gasteiger partial charge in [0.05, 0.1) is 5.56 Å². The summed E-state index contributed by atoms with van der Waals surface area (Å²) in [6.07, 6.45) is 16.8. The van der Waals surface area contributed by atoms with Crippen LogP contribution in [0.3, 0.4) is 0 Å². The summed E-state index contributed by atoms with van der Waals surface area (Å²) in [4.78, 5) is 12.2. The third-order valence-corrected chi connectivity index (χ3v) is 11.5. The Bertz CT molecular complexity index is 943. The van der Waals surface area contributed by atoms with Gasteiger partial charge in [-0.3, -0.25) is 0 Å². The van der Waals surface area contributed by atoms with Gasteiger partial charge in [0.25, 0.3) is 0 Å². The van der Waals surface area contributed by atoms with E-state index < -0.39 is 5.97 Å². The number of carboxylic acid groups (broad SMARTS) is 1. The zero-order chi connectivity index (χ0) is 21.3. The Balaban J connectivity index is 1.37. The molecule has 1 aromatic rings. The average Bonchev–Trinajstić information content (AvgIpc) is 2.64. The van der Waals surface area contributed by atoms with Crippen molar-refractivity contribution in [1.29, 1.82) is 0 Å². The van der Waals surface area contributed by atoms with Crippen LogP contribution >= 0.6 is 0 Å². The second-order valence-corrected chi connectivity index (χ2v) is 14.3. The van der Waals surface area contributed by atoms with Crippen LogP contribution in [0.2, 0.25) is 0 Å². The summed E-state index contributed by atoms with van der Waals surface area (Å²) in [7, 11) is 0. The number of carboxylic acids is 1. The molecule has 8 saturated carbocycles. The van der Waals surface area contributed by atoms with Crippen molar-refractivity contribution in [3.05, 3.63) is 35.4 Å². The van der Waals surface area contributed by atoms with Crippen LogP contribution < -0.4 is 0 Å². The molecule has 2 heteroatoms. The molecule has 0 radical (unpaired) electrons. The van der Waals surface area contributed by atoms with Crippen molar-refractivity contribution in [2.75, 3.05) is 0 Å². The summed E-state index contributed by atoms with van der Waals surface area (Å²) in [5.74, 6) is 1.85. The third kappa shape index (κ3) is 2.43. The number of aromatic carboxylic acids is 1. The van der Waals surface area contributed by atoms with Crippen molar-refractivity contribution in [3.63, 3.8) is 0 Å². The maximum absolute atomic E-state index is 12.2. The minimum atomic E-state index is -0.727. The average molecular weight is 419 g/mol. The van der Waals surface area contributed by atoms with Crippen molar-refractivity contribution in [2.45, 2.75) is 96.3 Å². The van der Waals surface area contributed by atoms with Crippen LogP contribution in [0.15, 0.2) is 24.3 Å². The topological polar surface area (TPSA) is 37.3 Å². The number of rotatable bonds is 3. The molecule has 4 unspecified atom stereocenters. The Morgan fingerprint density at radius 1 is 0.774 bits per heavy atom. The summed E-state index contributed by atoms with van der Waals surface area (Å²) in [5.41, 5.74) is 3.99. The van der Waals surface area contributed by atoms with Gasteiger partial charge in [-0.15, -0.1) is 0 Å². The normalized spacial score (nSPS) is 53.8. The maximum atomic E-state index is 12.2. The molecule has 166 valence electrons. The molecule has 8 fully saturated rings. The van der Waals surface area contributed by atoms with Crippen LogP contribution in [0.25, 0.3) is 0 Å². The molecule has 1 aromatic carbocycles. The Kier molecular flexibility index (Phi) is 3.46. The Hall–Kier alpha value is -1.31. The van der Waals surface area contributed by atoms with E-state index in [1.165, 1.54) is 82.6 Å². The first-order chi connectivity index (χ1) is 14.7. The first-order valence-corrected chi connectivity index (χ1v) is 13.0. The van der Waals surface area contributed by atoms with Gasteiger partial charge in [0, 0.05) is 0 Å². The van der Waals surface area contributed by atoms with E-state index >= 15 is 0 Å². The van der Waals surface area contributed by atoms with Gasteiger partial charge in [-0.25, -0.2) is 4.79 Å². The van der Waals surface area contributed by atoms with E-state index in [0.29, 0.717) is 27.2 Å². The zero-order valence-corrected chi connectivity index (χ0v) is 19.4.